The molecule has 2 atom stereocenters. The van der Waals surface area contributed by atoms with Crippen LogP contribution in [-0.2, 0) is 4.79 Å². The van der Waals surface area contributed by atoms with E-state index in [1.54, 1.807) is 0 Å². The summed E-state index contributed by atoms with van der Waals surface area (Å²) in [4.78, 5) is 17.0. The van der Waals surface area contributed by atoms with Crippen molar-refractivity contribution in [3.63, 3.8) is 0 Å². The van der Waals surface area contributed by atoms with Gasteiger partial charge in [-0.1, -0.05) is 34.6 Å². The Morgan fingerprint density at radius 2 is 1.76 bits per heavy atom. The van der Waals surface area contributed by atoms with Crippen molar-refractivity contribution in [1.29, 1.82) is 0 Å². The van der Waals surface area contributed by atoms with Crippen molar-refractivity contribution in [3.8, 4) is 0 Å². The normalized spacial score (nSPS) is 20.4. The lowest BCUT2D eigenvalue weighted by Crippen LogP contribution is -2.52. The number of nitrogens with zero attached hydrogens (tertiary/aromatic N) is 2. The third-order valence-electron chi connectivity index (χ3n) is 5.11. The second-order valence-electron chi connectivity index (χ2n) is 7.53. The quantitative estimate of drug-likeness (QED) is 0.818. The lowest BCUT2D eigenvalue weighted by Gasteiger charge is -2.40. The molecular formula is C17H35N3O. The molecule has 0 spiro atoms. The molecule has 0 aromatic carbocycles. The van der Waals surface area contributed by atoms with E-state index in [2.05, 4.69) is 39.5 Å². The fraction of sp³-hybridized carbons (Fsp3) is 0.941. The Morgan fingerprint density at radius 3 is 2.19 bits per heavy atom. The number of hydrogen-bond donors (Lipinski definition) is 1. The van der Waals surface area contributed by atoms with Crippen molar-refractivity contribution in [2.24, 2.45) is 17.1 Å². The zero-order chi connectivity index (χ0) is 16.0. The Hall–Kier alpha value is -0.610. The third kappa shape index (κ3) is 5.59. The van der Waals surface area contributed by atoms with Crippen molar-refractivity contribution < 1.29 is 4.79 Å². The van der Waals surface area contributed by atoms with Gasteiger partial charge in [-0.3, -0.25) is 9.69 Å². The SMILES string of the molecule is CCC(CCN)N1CCN(C(=O)CC(C)C(C)(C)C)CC1. The van der Waals surface area contributed by atoms with Gasteiger partial charge in [0.25, 0.3) is 0 Å². The summed E-state index contributed by atoms with van der Waals surface area (Å²) < 4.78 is 0. The van der Waals surface area contributed by atoms with E-state index in [0.29, 0.717) is 24.3 Å². The zero-order valence-electron chi connectivity index (χ0n) is 14.7. The first-order valence-corrected chi connectivity index (χ1v) is 8.51. The highest BCUT2D eigenvalue weighted by atomic mass is 16.2. The molecule has 1 saturated heterocycles. The van der Waals surface area contributed by atoms with Gasteiger partial charge < -0.3 is 10.6 Å². The highest BCUT2D eigenvalue weighted by Gasteiger charge is 2.28. The molecule has 21 heavy (non-hydrogen) atoms. The molecule has 0 bridgehead atoms. The number of nitrogens with two attached hydrogens (primary N) is 1. The molecule has 124 valence electrons. The molecule has 1 aliphatic rings. The maximum atomic E-state index is 12.4. The van der Waals surface area contributed by atoms with Crippen molar-refractivity contribution in [2.75, 3.05) is 32.7 Å². The Kier molecular flexibility index (Phi) is 7.14. The molecule has 0 aromatic heterocycles. The number of rotatable bonds is 6. The van der Waals surface area contributed by atoms with Crippen molar-refractivity contribution in [1.82, 2.24) is 9.80 Å². The van der Waals surface area contributed by atoms with Crippen LogP contribution >= 0.6 is 0 Å². The standard InChI is InChI=1S/C17H35N3O/c1-6-15(7-8-18)19-9-11-20(12-10-19)16(21)13-14(2)17(3,4)5/h14-15H,6-13,18H2,1-5H3. The summed E-state index contributed by atoms with van der Waals surface area (Å²) in [5, 5.41) is 0. The molecule has 0 radical (unpaired) electrons. The van der Waals surface area contributed by atoms with Gasteiger partial charge >= 0.3 is 0 Å². The van der Waals surface area contributed by atoms with Gasteiger partial charge in [-0.25, -0.2) is 0 Å². The molecule has 0 aromatic rings. The number of carbonyl (C=O) groups excluding carboxylic acids is 1. The third-order valence-corrected chi connectivity index (χ3v) is 5.11. The summed E-state index contributed by atoms with van der Waals surface area (Å²) in [6, 6.07) is 0.584. The van der Waals surface area contributed by atoms with E-state index in [9.17, 15) is 4.79 Å². The van der Waals surface area contributed by atoms with Crippen LogP contribution < -0.4 is 5.73 Å². The van der Waals surface area contributed by atoms with Gasteiger partial charge in [0, 0.05) is 38.6 Å². The number of carbonyl (C=O) groups is 1. The smallest absolute Gasteiger partial charge is 0.222 e. The van der Waals surface area contributed by atoms with Crippen molar-refractivity contribution in [2.45, 2.75) is 59.9 Å². The first kappa shape index (κ1) is 18.4. The number of hydrogen-bond acceptors (Lipinski definition) is 3. The van der Waals surface area contributed by atoms with Crippen LogP contribution in [0.2, 0.25) is 0 Å². The van der Waals surface area contributed by atoms with Crippen LogP contribution in [0.5, 0.6) is 0 Å². The number of piperazine rings is 1. The maximum absolute atomic E-state index is 12.4. The lowest BCUT2D eigenvalue weighted by atomic mass is 9.80. The molecule has 0 aliphatic carbocycles. The van der Waals surface area contributed by atoms with E-state index in [4.69, 9.17) is 5.73 Å². The summed E-state index contributed by atoms with van der Waals surface area (Å²) in [5.74, 6) is 0.743. The molecule has 1 amide bonds. The van der Waals surface area contributed by atoms with Gasteiger partial charge in [0.1, 0.15) is 0 Å². The van der Waals surface area contributed by atoms with E-state index in [-0.39, 0.29) is 5.41 Å². The predicted octanol–water partition coefficient (Wildman–Crippen LogP) is 2.33. The van der Waals surface area contributed by atoms with E-state index < -0.39 is 0 Å². The summed E-state index contributed by atoms with van der Waals surface area (Å²) >= 11 is 0. The van der Waals surface area contributed by atoms with Crippen LogP contribution in [0.1, 0.15) is 53.9 Å². The van der Waals surface area contributed by atoms with E-state index in [0.717, 1.165) is 45.6 Å². The monoisotopic (exact) mass is 297 g/mol. The average Bonchev–Trinajstić information content (AvgIpc) is 2.43. The van der Waals surface area contributed by atoms with Gasteiger partial charge in [-0.2, -0.15) is 0 Å². The minimum Gasteiger partial charge on any atom is -0.340 e. The average molecular weight is 297 g/mol. The van der Waals surface area contributed by atoms with Gasteiger partial charge in [0.15, 0.2) is 0 Å². The predicted molar refractivity (Wildman–Crippen MR) is 89.1 cm³/mol. The van der Waals surface area contributed by atoms with Crippen molar-refractivity contribution in [3.05, 3.63) is 0 Å². The summed E-state index contributed by atoms with van der Waals surface area (Å²) in [6.45, 7) is 15.5. The molecule has 1 rings (SSSR count). The lowest BCUT2D eigenvalue weighted by molar-refractivity contribution is -0.135. The second-order valence-corrected chi connectivity index (χ2v) is 7.53. The van der Waals surface area contributed by atoms with Gasteiger partial charge in [0.2, 0.25) is 5.91 Å². The molecule has 1 fully saturated rings. The van der Waals surface area contributed by atoms with Crippen molar-refractivity contribution >= 4 is 5.91 Å². The molecule has 2 N–H and O–H groups in total. The minimum absolute atomic E-state index is 0.200. The first-order valence-electron chi connectivity index (χ1n) is 8.51. The van der Waals surface area contributed by atoms with Crippen LogP contribution in [0.25, 0.3) is 0 Å². The topological polar surface area (TPSA) is 49.6 Å². The summed E-state index contributed by atoms with van der Waals surface area (Å²) in [5.41, 5.74) is 5.89. The Morgan fingerprint density at radius 1 is 1.19 bits per heavy atom. The molecule has 4 heteroatoms. The summed E-state index contributed by atoms with van der Waals surface area (Å²) in [7, 11) is 0. The second kappa shape index (κ2) is 8.14. The van der Waals surface area contributed by atoms with Crippen LogP contribution in [0.4, 0.5) is 0 Å². The van der Waals surface area contributed by atoms with Gasteiger partial charge in [0.05, 0.1) is 0 Å². The Labute approximate surface area is 131 Å². The minimum atomic E-state index is 0.200. The first-order chi connectivity index (χ1) is 9.79. The van der Waals surface area contributed by atoms with E-state index in [1.807, 2.05) is 4.90 Å². The largest absolute Gasteiger partial charge is 0.340 e. The highest BCUT2D eigenvalue weighted by Crippen LogP contribution is 2.28. The molecule has 0 saturated carbocycles. The fourth-order valence-corrected chi connectivity index (χ4v) is 2.87. The molecule has 4 nitrogen and oxygen atoms in total. The van der Waals surface area contributed by atoms with Crippen LogP contribution in [0.15, 0.2) is 0 Å². The summed E-state index contributed by atoms with van der Waals surface area (Å²) in [6.07, 6.45) is 2.88. The molecule has 1 aliphatic heterocycles. The maximum Gasteiger partial charge on any atom is 0.222 e. The van der Waals surface area contributed by atoms with E-state index in [1.165, 1.54) is 0 Å². The molecule has 2 unspecified atom stereocenters. The van der Waals surface area contributed by atoms with Gasteiger partial charge in [-0.15, -0.1) is 0 Å². The van der Waals surface area contributed by atoms with Crippen LogP contribution in [0, 0.1) is 11.3 Å². The molecular weight excluding hydrogens is 262 g/mol. The zero-order valence-corrected chi connectivity index (χ0v) is 14.7. The van der Waals surface area contributed by atoms with Gasteiger partial charge in [-0.05, 0) is 30.7 Å². The van der Waals surface area contributed by atoms with Crippen LogP contribution in [0.3, 0.4) is 0 Å². The highest BCUT2D eigenvalue weighted by molar-refractivity contribution is 5.76. The Bertz CT molecular complexity index is 316. The number of amides is 1. The Balaban J connectivity index is 2.43. The van der Waals surface area contributed by atoms with E-state index >= 15 is 0 Å². The fourth-order valence-electron chi connectivity index (χ4n) is 2.87. The molecule has 1 heterocycles. The van der Waals surface area contributed by atoms with Crippen LogP contribution in [-0.4, -0.2) is 54.5 Å².